The summed E-state index contributed by atoms with van der Waals surface area (Å²) in [5, 5.41) is 0. The molecular weight excluding hydrogens is 179 g/mol. The number of carbonyl (C=O) groups is 1. The molecule has 0 aliphatic carbocycles. The number of ketones is 1. The Balaban J connectivity index is 2.87. The van der Waals surface area contributed by atoms with Crippen LogP contribution in [0.2, 0.25) is 0 Å². The van der Waals surface area contributed by atoms with Crippen LogP contribution in [-0.2, 0) is 4.79 Å². The minimum Gasteiger partial charge on any atom is -0.299 e. The van der Waals surface area contributed by atoms with Gasteiger partial charge in [-0.25, -0.2) is 4.39 Å². The molecule has 1 aromatic carbocycles. The average Bonchev–Trinajstić information content (AvgIpc) is 2.15. The van der Waals surface area contributed by atoms with Crippen molar-refractivity contribution in [2.45, 2.75) is 32.6 Å². The van der Waals surface area contributed by atoms with Gasteiger partial charge in [0, 0.05) is 5.92 Å². The normalized spacial score (nSPS) is 12.5. The van der Waals surface area contributed by atoms with Gasteiger partial charge in [0.1, 0.15) is 11.6 Å². The first-order valence-corrected chi connectivity index (χ1v) is 4.91. The van der Waals surface area contributed by atoms with Crippen molar-refractivity contribution in [2.75, 3.05) is 0 Å². The molecule has 1 unspecified atom stereocenters. The van der Waals surface area contributed by atoms with Crippen LogP contribution in [0.25, 0.3) is 0 Å². The summed E-state index contributed by atoms with van der Waals surface area (Å²) in [6.45, 7) is 3.63. The Morgan fingerprint density at radius 2 is 1.93 bits per heavy atom. The van der Waals surface area contributed by atoms with E-state index in [2.05, 4.69) is 0 Å². The second kappa shape index (κ2) is 4.89. The van der Waals surface area contributed by atoms with Crippen molar-refractivity contribution < 1.29 is 9.18 Å². The zero-order chi connectivity index (χ0) is 10.6. The van der Waals surface area contributed by atoms with E-state index >= 15 is 0 Å². The molecule has 0 radical (unpaired) electrons. The topological polar surface area (TPSA) is 17.1 Å². The highest BCUT2D eigenvalue weighted by Crippen LogP contribution is 2.22. The Bertz CT molecular complexity index is 303. The molecule has 1 rings (SSSR count). The SMILES string of the molecule is CCCC(C(C)=O)c1ccc(F)cc1. The average molecular weight is 194 g/mol. The lowest BCUT2D eigenvalue weighted by molar-refractivity contribution is -0.118. The Hall–Kier alpha value is -1.18. The zero-order valence-electron chi connectivity index (χ0n) is 8.59. The van der Waals surface area contributed by atoms with Gasteiger partial charge in [0.2, 0.25) is 0 Å². The van der Waals surface area contributed by atoms with Crippen LogP contribution in [0, 0.1) is 5.82 Å². The molecule has 76 valence electrons. The highest BCUT2D eigenvalue weighted by molar-refractivity contribution is 5.83. The molecule has 0 amide bonds. The molecule has 1 atom stereocenters. The van der Waals surface area contributed by atoms with Crippen molar-refractivity contribution in [3.63, 3.8) is 0 Å². The van der Waals surface area contributed by atoms with Crippen molar-refractivity contribution in [1.29, 1.82) is 0 Å². The summed E-state index contributed by atoms with van der Waals surface area (Å²) in [6, 6.07) is 6.19. The van der Waals surface area contributed by atoms with Gasteiger partial charge in [0.25, 0.3) is 0 Å². The van der Waals surface area contributed by atoms with Gasteiger partial charge in [0.05, 0.1) is 0 Å². The summed E-state index contributed by atoms with van der Waals surface area (Å²) in [4.78, 5) is 11.3. The van der Waals surface area contributed by atoms with E-state index < -0.39 is 0 Å². The molecule has 0 saturated heterocycles. The molecule has 0 heterocycles. The number of Topliss-reactive ketones (excluding diaryl/α,β-unsaturated/α-hetero) is 1. The van der Waals surface area contributed by atoms with Gasteiger partial charge in [-0.15, -0.1) is 0 Å². The first kappa shape index (κ1) is 10.9. The van der Waals surface area contributed by atoms with Gasteiger partial charge >= 0.3 is 0 Å². The van der Waals surface area contributed by atoms with Crippen LogP contribution in [-0.4, -0.2) is 5.78 Å². The number of hydrogen-bond acceptors (Lipinski definition) is 1. The minimum atomic E-state index is -0.257. The van der Waals surface area contributed by atoms with Crippen molar-refractivity contribution in [3.05, 3.63) is 35.6 Å². The third-order valence-electron chi connectivity index (χ3n) is 2.34. The van der Waals surface area contributed by atoms with Crippen LogP contribution in [0.5, 0.6) is 0 Å². The largest absolute Gasteiger partial charge is 0.299 e. The lowest BCUT2D eigenvalue weighted by atomic mass is 9.91. The summed E-state index contributed by atoms with van der Waals surface area (Å²) in [6.07, 6.45) is 1.79. The molecule has 14 heavy (non-hydrogen) atoms. The smallest absolute Gasteiger partial charge is 0.137 e. The van der Waals surface area contributed by atoms with Gasteiger partial charge in [-0.1, -0.05) is 25.5 Å². The van der Waals surface area contributed by atoms with E-state index in [9.17, 15) is 9.18 Å². The number of rotatable bonds is 4. The van der Waals surface area contributed by atoms with E-state index in [4.69, 9.17) is 0 Å². The predicted molar refractivity (Wildman–Crippen MR) is 54.7 cm³/mol. The van der Waals surface area contributed by atoms with Crippen LogP contribution in [0.3, 0.4) is 0 Å². The van der Waals surface area contributed by atoms with Gasteiger partial charge in [-0.05, 0) is 31.0 Å². The summed E-state index contributed by atoms with van der Waals surface area (Å²) >= 11 is 0. The molecule has 2 heteroatoms. The minimum absolute atomic E-state index is 0.0689. The van der Waals surface area contributed by atoms with Crippen molar-refractivity contribution in [1.82, 2.24) is 0 Å². The molecule has 0 aromatic heterocycles. The van der Waals surface area contributed by atoms with E-state index in [1.54, 1.807) is 19.1 Å². The fourth-order valence-corrected chi connectivity index (χ4v) is 1.59. The van der Waals surface area contributed by atoms with Crippen molar-refractivity contribution >= 4 is 5.78 Å². The van der Waals surface area contributed by atoms with E-state index in [-0.39, 0.29) is 17.5 Å². The standard InChI is InChI=1S/C12H15FO/c1-3-4-12(9(2)14)10-5-7-11(13)8-6-10/h5-8,12H,3-4H2,1-2H3. The van der Waals surface area contributed by atoms with Crippen LogP contribution in [0.1, 0.15) is 38.2 Å². The highest BCUT2D eigenvalue weighted by atomic mass is 19.1. The molecule has 0 bridgehead atoms. The summed E-state index contributed by atoms with van der Waals surface area (Å²) < 4.78 is 12.7. The Kier molecular flexibility index (Phi) is 3.81. The third kappa shape index (κ3) is 2.66. The zero-order valence-corrected chi connectivity index (χ0v) is 8.59. The molecule has 0 aliphatic rings. The monoisotopic (exact) mass is 194 g/mol. The quantitative estimate of drug-likeness (QED) is 0.718. The summed E-state index contributed by atoms with van der Waals surface area (Å²) in [7, 11) is 0. The van der Waals surface area contributed by atoms with E-state index in [1.807, 2.05) is 6.92 Å². The molecule has 0 spiro atoms. The molecule has 0 fully saturated rings. The first-order chi connectivity index (χ1) is 6.65. The number of benzene rings is 1. The second-order valence-corrected chi connectivity index (χ2v) is 3.50. The van der Waals surface area contributed by atoms with Crippen LogP contribution in [0.15, 0.2) is 24.3 Å². The van der Waals surface area contributed by atoms with E-state index in [1.165, 1.54) is 12.1 Å². The second-order valence-electron chi connectivity index (χ2n) is 3.50. The van der Waals surface area contributed by atoms with Crippen molar-refractivity contribution in [2.24, 2.45) is 0 Å². The lowest BCUT2D eigenvalue weighted by Gasteiger charge is -2.12. The molecule has 0 aliphatic heterocycles. The fraction of sp³-hybridized carbons (Fsp3) is 0.417. The van der Waals surface area contributed by atoms with E-state index in [0.717, 1.165) is 18.4 Å². The molecule has 0 saturated carbocycles. The van der Waals surface area contributed by atoms with Gasteiger partial charge in [0.15, 0.2) is 0 Å². The third-order valence-corrected chi connectivity index (χ3v) is 2.34. The number of carbonyl (C=O) groups excluding carboxylic acids is 1. The van der Waals surface area contributed by atoms with Crippen molar-refractivity contribution in [3.8, 4) is 0 Å². The van der Waals surface area contributed by atoms with Crippen LogP contribution >= 0.6 is 0 Å². The summed E-state index contributed by atoms with van der Waals surface area (Å²) in [5.74, 6) is -0.174. The first-order valence-electron chi connectivity index (χ1n) is 4.91. The van der Waals surface area contributed by atoms with Crippen LogP contribution < -0.4 is 0 Å². The number of hydrogen-bond donors (Lipinski definition) is 0. The molecule has 1 aromatic rings. The number of halogens is 1. The van der Waals surface area contributed by atoms with Gasteiger partial charge in [-0.2, -0.15) is 0 Å². The molecule has 1 nitrogen and oxygen atoms in total. The summed E-state index contributed by atoms with van der Waals surface area (Å²) in [5.41, 5.74) is 0.917. The van der Waals surface area contributed by atoms with Gasteiger partial charge < -0.3 is 0 Å². The molecular formula is C12H15FO. The molecule has 0 N–H and O–H groups in total. The van der Waals surface area contributed by atoms with E-state index in [0.29, 0.717) is 0 Å². The lowest BCUT2D eigenvalue weighted by Crippen LogP contribution is -2.08. The predicted octanol–water partition coefficient (Wildman–Crippen LogP) is 3.30. The fourth-order valence-electron chi connectivity index (χ4n) is 1.59. The maximum atomic E-state index is 12.7. The Morgan fingerprint density at radius 1 is 1.36 bits per heavy atom. The Labute approximate surface area is 83.9 Å². The maximum Gasteiger partial charge on any atom is 0.137 e. The highest BCUT2D eigenvalue weighted by Gasteiger charge is 2.15. The van der Waals surface area contributed by atoms with Gasteiger partial charge in [-0.3, -0.25) is 4.79 Å². The maximum absolute atomic E-state index is 12.7. The van der Waals surface area contributed by atoms with Crippen LogP contribution in [0.4, 0.5) is 4.39 Å². The Morgan fingerprint density at radius 3 is 2.36 bits per heavy atom.